The van der Waals surface area contributed by atoms with E-state index in [0.717, 1.165) is 6.26 Å². The monoisotopic (exact) mass is 319 g/mol. The molecule has 0 aromatic heterocycles. The minimum absolute atomic E-state index is 0.0594. The number of carbonyl (C=O) groups is 1. The first-order chi connectivity index (χ1) is 9.21. The molecule has 0 fully saturated rings. The summed E-state index contributed by atoms with van der Waals surface area (Å²) < 4.78 is 23.0. The van der Waals surface area contributed by atoms with Gasteiger partial charge in [0.1, 0.15) is 0 Å². The van der Waals surface area contributed by atoms with Crippen molar-refractivity contribution in [3.05, 3.63) is 28.8 Å². The van der Waals surface area contributed by atoms with Crippen LogP contribution in [0.1, 0.15) is 30.1 Å². The zero-order valence-corrected chi connectivity index (χ0v) is 13.0. The lowest BCUT2D eigenvalue weighted by Gasteiger charge is -2.08. The summed E-state index contributed by atoms with van der Waals surface area (Å²) in [6.07, 6.45) is 1.88. The van der Waals surface area contributed by atoms with Crippen molar-refractivity contribution in [2.24, 2.45) is 0 Å². The van der Waals surface area contributed by atoms with Crippen LogP contribution in [-0.4, -0.2) is 38.3 Å². The van der Waals surface area contributed by atoms with Gasteiger partial charge in [0.15, 0.2) is 9.84 Å². The van der Waals surface area contributed by atoms with Crippen molar-refractivity contribution in [2.75, 3.05) is 12.8 Å². The Morgan fingerprint density at radius 2 is 2.10 bits per heavy atom. The molecule has 0 spiro atoms. The summed E-state index contributed by atoms with van der Waals surface area (Å²) in [4.78, 5) is 11.8. The van der Waals surface area contributed by atoms with Gasteiger partial charge in [-0.25, -0.2) is 8.42 Å². The van der Waals surface area contributed by atoms with Gasteiger partial charge in [0.25, 0.3) is 5.91 Å². The molecule has 20 heavy (non-hydrogen) atoms. The van der Waals surface area contributed by atoms with Gasteiger partial charge in [-0.1, -0.05) is 11.6 Å². The minimum Gasteiger partial charge on any atom is -0.393 e. The molecule has 7 heteroatoms. The van der Waals surface area contributed by atoms with Gasteiger partial charge in [0.05, 0.1) is 16.0 Å². The van der Waals surface area contributed by atoms with Gasteiger partial charge in [-0.15, -0.1) is 0 Å². The molecule has 1 aromatic rings. The Morgan fingerprint density at radius 1 is 1.45 bits per heavy atom. The summed E-state index contributed by atoms with van der Waals surface area (Å²) >= 11 is 5.81. The van der Waals surface area contributed by atoms with Crippen LogP contribution in [0.4, 0.5) is 0 Å². The number of nitrogens with one attached hydrogen (secondary N) is 1. The Labute approximate surface area is 123 Å². The molecule has 1 aromatic carbocycles. The molecule has 0 aliphatic heterocycles. The highest BCUT2D eigenvalue weighted by atomic mass is 35.5. The lowest BCUT2D eigenvalue weighted by atomic mass is 10.2. The second-order valence-electron chi connectivity index (χ2n) is 4.66. The zero-order valence-electron chi connectivity index (χ0n) is 11.4. The fourth-order valence-corrected chi connectivity index (χ4v) is 2.93. The molecule has 1 rings (SSSR count). The smallest absolute Gasteiger partial charge is 0.251 e. The van der Waals surface area contributed by atoms with E-state index < -0.39 is 15.9 Å². The lowest BCUT2D eigenvalue weighted by Crippen LogP contribution is -2.25. The summed E-state index contributed by atoms with van der Waals surface area (Å²) in [6, 6.07) is 4.13. The third-order valence-electron chi connectivity index (χ3n) is 2.68. The van der Waals surface area contributed by atoms with Crippen LogP contribution in [0.25, 0.3) is 0 Å². The number of hydrogen-bond acceptors (Lipinski definition) is 4. The Morgan fingerprint density at radius 3 is 2.65 bits per heavy atom. The number of aliphatic hydroxyl groups is 1. The van der Waals surface area contributed by atoms with E-state index in [9.17, 15) is 13.2 Å². The zero-order chi connectivity index (χ0) is 15.3. The molecule has 5 nitrogen and oxygen atoms in total. The van der Waals surface area contributed by atoms with Gasteiger partial charge in [-0.05, 0) is 38.0 Å². The Bertz CT molecular complexity index is 584. The average molecular weight is 320 g/mol. The van der Waals surface area contributed by atoms with Crippen molar-refractivity contribution in [1.29, 1.82) is 0 Å². The van der Waals surface area contributed by atoms with Gasteiger partial charge in [0, 0.05) is 18.4 Å². The van der Waals surface area contributed by atoms with E-state index in [1.807, 2.05) is 0 Å². The Balaban J connectivity index is 2.75. The van der Waals surface area contributed by atoms with Gasteiger partial charge < -0.3 is 10.4 Å². The highest BCUT2D eigenvalue weighted by Gasteiger charge is 2.15. The number of halogens is 1. The van der Waals surface area contributed by atoms with Crippen LogP contribution in [0.15, 0.2) is 23.1 Å². The van der Waals surface area contributed by atoms with E-state index >= 15 is 0 Å². The molecular weight excluding hydrogens is 302 g/mol. The molecule has 0 saturated carbocycles. The predicted octanol–water partition coefficient (Wildman–Crippen LogP) is 1.63. The molecule has 1 unspecified atom stereocenters. The SMILES string of the molecule is CC(O)CCCNC(=O)c1ccc(Cl)c(S(C)(=O)=O)c1. The maximum absolute atomic E-state index is 11.9. The maximum Gasteiger partial charge on any atom is 0.251 e. The standard InChI is InChI=1S/C13H18ClNO4S/c1-9(16)4-3-7-15-13(17)10-5-6-11(14)12(8-10)20(2,18)19/h5-6,8-9,16H,3-4,7H2,1-2H3,(H,15,17). The molecule has 0 bridgehead atoms. The van der Waals surface area contributed by atoms with E-state index in [-0.39, 0.29) is 21.4 Å². The largest absolute Gasteiger partial charge is 0.393 e. The maximum atomic E-state index is 11.9. The van der Waals surface area contributed by atoms with E-state index in [0.29, 0.717) is 19.4 Å². The van der Waals surface area contributed by atoms with Crippen molar-refractivity contribution in [3.8, 4) is 0 Å². The molecule has 112 valence electrons. The normalized spacial score (nSPS) is 13.0. The van der Waals surface area contributed by atoms with Gasteiger partial charge >= 0.3 is 0 Å². The van der Waals surface area contributed by atoms with E-state index in [4.69, 9.17) is 16.7 Å². The molecule has 0 heterocycles. The van der Waals surface area contributed by atoms with Crippen molar-refractivity contribution >= 4 is 27.3 Å². The van der Waals surface area contributed by atoms with Crippen LogP contribution in [-0.2, 0) is 9.84 Å². The molecule has 0 radical (unpaired) electrons. The second-order valence-corrected chi connectivity index (χ2v) is 7.06. The van der Waals surface area contributed by atoms with Crippen LogP contribution >= 0.6 is 11.6 Å². The van der Waals surface area contributed by atoms with Crippen molar-refractivity contribution in [3.63, 3.8) is 0 Å². The average Bonchev–Trinajstić information content (AvgIpc) is 2.33. The van der Waals surface area contributed by atoms with Gasteiger partial charge in [-0.3, -0.25) is 4.79 Å². The van der Waals surface area contributed by atoms with Crippen LogP contribution < -0.4 is 5.32 Å². The molecule has 2 N–H and O–H groups in total. The quantitative estimate of drug-likeness (QED) is 0.781. The first-order valence-electron chi connectivity index (χ1n) is 6.17. The second kappa shape index (κ2) is 7.06. The van der Waals surface area contributed by atoms with Crippen LogP contribution in [0, 0.1) is 0 Å². The number of amides is 1. The summed E-state index contributed by atoms with van der Waals surface area (Å²) in [7, 11) is -3.47. The molecule has 0 aliphatic rings. The molecule has 1 amide bonds. The third kappa shape index (κ3) is 5.11. The molecule has 0 aliphatic carbocycles. The number of sulfone groups is 1. The first-order valence-corrected chi connectivity index (χ1v) is 8.44. The summed E-state index contributed by atoms with van der Waals surface area (Å²) in [5.74, 6) is -0.364. The van der Waals surface area contributed by atoms with E-state index in [1.54, 1.807) is 6.92 Å². The van der Waals surface area contributed by atoms with Crippen LogP contribution in [0.3, 0.4) is 0 Å². The van der Waals surface area contributed by atoms with E-state index in [2.05, 4.69) is 5.32 Å². The number of benzene rings is 1. The third-order valence-corrected chi connectivity index (χ3v) is 4.26. The van der Waals surface area contributed by atoms with Crippen molar-refractivity contribution in [2.45, 2.75) is 30.8 Å². The lowest BCUT2D eigenvalue weighted by molar-refractivity contribution is 0.0949. The summed E-state index contributed by atoms with van der Waals surface area (Å²) in [5, 5.41) is 11.9. The van der Waals surface area contributed by atoms with Gasteiger partial charge in [0.2, 0.25) is 0 Å². The van der Waals surface area contributed by atoms with Crippen molar-refractivity contribution < 1.29 is 18.3 Å². The molecule has 0 saturated heterocycles. The highest BCUT2D eigenvalue weighted by molar-refractivity contribution is 7.90. The highest BCUT2D eigenvalue weighted by Crippen LogP contribution is 2.22. The summed E-state index contributed by atoms with van der Waals surface area (Å²) in [6.45, 7) is 2.10. The Hall–Kier alpha value is -1.11. The van der Waals surface area contributed by atoms with E-state index in [1.165, 1.54) is 18.2 Å². The Kier molecular flexibility index (Phi) is 5.98. The molecule has 1 atom stereocenters. The number of carbonyl (C=O) groups excluding carboxylic acids is 1. The number of rotatable bonds is 6. The predicted molar refractivity (Wildman–Crippen MR) is 77.8 cm³/mol. The van der Waals surface area contributed by atoms with Crippen LogP contribution in [0.5, 0.6) is 0 Å². The summed E-state index contributed by atoms with van der Waals surface area (Å²) in [5.41, 5.74) is 0.242. The van der Waals surface area contributed by atoms with Gasteiger partial charge in [-0.2, -0.15) is 0 Å². The van der Waals surface area contributed by atoms with Crippen molar-refractivity contribution in [1.82, 2.24) is 5.32 Å². The fourth-order valence-electron chi connectivity index (χ4n) is 1.63. The first kappa shape index (κ1) is 16.9. The molecular formula is C13H18ClNO4S. The minimum atomic E-state index is -3.47. The fraction of sp³-hybridized carbons (Fsp3) is 0.462. The van der Waals surface area contributed by atoms with Crippen LogP contribution in [0.2, 0.25) is 5.02 Å². The topological polar surface area (TPSA) is 83.5 Å². The number of hydrogen-bond donors (Lipinski definition) is 2. The number of aliphatic hydroxyl groups excluding tert-OH is 1.